The van der Waals surface area contributed by atoms with Gasteiger partial charge in [0, 0.05) is 33.6 Å². The van der Waals surface area contributed by atoms with Gasteiger partial charge in [-0.25, -0.2) is 17.8 Å². The van der Waals surface area contributed by atoms with Crippen LogP contribution in [0.25, 0.3) is 0 Å². The highest BCUT2D eigenvalue weighted by Crippen LogP contribution is 2.27. The van der Waals surface area contributed by atoms with Crippen molar-refractivity contribution in [1.29, 1.82) is 0 Å². The molecule has 33 heavy (non-hydrogen) atoms. The van der Waals surface area contributed by atoms with E-state index in [1.165, 1.54) is 19.1 Å². The minimum atomic E-state index is -3.64. The van der Waals surface area contributed by atoms with Gasteiger partial charge >= 0.3 is 0 Å². The summed E-state index contributed by atoms with van der Waals surface area (Å²) in [6, 6.07) is 8.83. The lowest BCUT2D eigenvalue weighted by molar-refractivity contribution is 0.100. The molecule has 0 saturated carbocycles. The standard InChI is InChI=1S/C23H24FN5O3S/c1-13(2)33(31,32)12-17-9-18(24)7-8-19(17)27-22-15(4)11-26-23(29-22)28-20-10-16(21(25)30)6-5-14(20)3/h5-11H,1,12H2,2-4H3,(H2,25,30)(H2,26,27,28,29). The number of allylic oxidation sites excluding steroid dienone is 1. The number of aryl methyl sites for hydroxylation is 2. The number of nitrogens with zero attached hydrogens (tertiary/aromatic N) is 2. The fourth-order valence-electron chi connectivity index (χ4n) is 2.92. The molecule has 1 heterocycles. The molecule has 0 aliphatic carbocycles. The fraction of sp³-hybridized carbons (Fsp3) is 0.174. The van der Waals surface area contributed by atoms with E-state index in [9.17, 15) is 17.6 Å². The largest absolute Gasteiger partial charge is 0.366 e. The van der Waals surface area contributed by atoms with E-state index < -0.39 is 27.3 Å². The first-order valence-electron chi connectivity index (χ1n) is 9.91. The minimum absolute atomic E-state index is 0.00373. The van der Waals surface area contributed by atoms with Crippen molar-refractivity contribution < 1.29 is 17.6 Å². The molecule has 0 aliphatic heterocycles. The smallest absolute Gasteiger partial charge is 0.248 e. The SMILES string of the molecule is C=C(C)S(=O)(=O)Cc1cc(F)ccc1Nc1nc(Nc2cc(C(N)=O)ccc2C)ncc1C. The molecule has 8 nitrogen and oxygen atoms in total. The number of aromatic nitrogens is 2. The van der Waals surface area contributed by atoms with Crippen molar-refractivity contribution in [3.05, 3.63) is 82.2 Å². The third-order valence-corrected chi connectivity index (χ3v) is 6.69. The summed E-state index contributed by atoms with van der Waals surface area (Å²) < 4.78 is 38.5. The number of carbonyl (C=O) groups excluding carboxylic acids is 1. The first kappa shape index (κ1) is 23.9. The van der Waals surface area contributed by atoms with Crippen LogP contribution in [0.4, 0.5) is 27.5 Å². The molecule has 0 unspecified atom stereocenters. The van der Waals surface area contributed by atoms with Gasteiger partial charge in [0.1, 0.15) is 11.6 Å². The van der Waals surface area contributed by atoms with Gasteiger partial charge in [-0.3, -0.25) is 4.79 Å². The zero-order valence-electron chi connectivity index (χ0n) is 18.4. The molecule has 4 N–H and O–H groups in total. The van der Waals surface area contributed by atoms with Gasteiger partial charge in [0.25, 0.3) is 0 Å². The molecule has 0 bridgehead atoms. The van der Waals surface area contributed by atoms with Gasteiger partial charge in [0.15, 0.2) is 9.84 Å². The lowest BCUT2D eigenvalue weighted by atomic mass is 10.1. The molecule has 0 atom stereocenters. The Morgan fingerprint density at radius 1 is 1.09 bits per heavy atom. The van der Waals surface area contributed by atoms with E-state index in [0.717, 1.165) is 11.6 Å². The van der Waals surface area contributed by atoms with Gasteiger partial charge < -0.3 is 16.4 Å². The number of anilines is 4. The Hall–Kier alpha value is -3.79. The normalized spacial score (nSPS) is 11.2. The number of nitrogens with two attached hydrogens (primary N) is 1. The second-order valence-electron chi connectivity index (χ2n) is 7.63. The van der Waals surface area contributed by atoms with Crippen LogP contribution in [0.15, 0.2) is 54.1 Å². The molecule has 1 amide bonds. The summed E-state index contributed by atoms with van der Waals surface area (Å²) >= 11 is 0. The highest BCUT2D eigenvalue weighted by atomic mass is 32.2. The summed E-state index contributed by atoms with van der Waals surface area (Å²) in [5, 5.41) is 6.13. The van der Waals surface area contributed by atoms with Crippen molar-refractivity contribution in [3.8, 4) is 0 Å². The lowest BCUT2D eigenvalue weighted by Crippen LogP contribution is -2.12. The number of primary amides is 1. The fourth-order valence-corrected chi connectivity index (χ4v) is 3.81. The van der Waals surface area contributed by atoms with Crippen molar-refractivity contribution in [2.45, 2.75) is 26.5 Å². The van der Waals surface area contributed by atoms with Crippen molar-refractivity contribution in [2.75, 3.05) is 10.6 Å². The number of halogens is 1. The Bertz CT molecular complexity index is 1360. The molecular formula is C23H24FN5O3S. The van der Waals surface area contributed by atoms with E-state index in [-0.39, 0.29) is 16.4 Å². The van der Waals surface area contributed by atoms with Gasteiger partial charge in [-0.05, 0) is 62.2 Å². The van der Waals surface area contributed by atoms with Crippen molar-refractivity contribution >= 4 is 38.9 Å². The van der Waals surface area contributed by atoms with Crippen LogP contribution in [-0.4, -0.2) is 24.3 Å². The maximum atomic E-state index is 13.9. The topological polar surface area (TPSA) is 127 Å². The number of benzene rings is 2. The van der Waals surface area contributed by atoms with Gasteiger partial charge in [-0.15, -0.1) is 0 Å². The van der Waals surface area contributed by atoms with Gasteiger partial charge in [-0.2, -0.15) is 4.98 Å². The van der Waals surface area contributed by atoms with Gasteiger partial charge in [0.2, 0.25) is 11.9 Å². The molecule has 3 aromatic rings. The van der Waals surface area contributed by atoms with E-state index in [2.05, 4.69) is 27.2 Å². The number of amides is 1. The molecule has 0 radical (unpaired) electrons. The van der Waals surface area contributed by atoms with Gasteiger partial charge in [-0.1, -0.05) is 12.6 Å². The maximum Gasteiger partial charge on any atom is 0.248 e. The molecule has 0 saturated heterocycles. The van der Waals surface area contributed by atoms with Crippen molar-refractivity contribution in [3.63, 3.8) is 0 Å². The molecule has 0 aliphatic rings. The van der Waals surface area contributed by atoms with E-state index >= 15 is 0 Å². The van der Waals surface area contributed by atoms with Crippen LogP contribution < -0.4 is 16.4 Å². The molecule has 3 rings (SSSR count). The average Bonchev–Trinajstić information content (AvgIpc) is 2.73. The van der Waals surface area contributed by atoms with Crippen LogP contribution in [0.5, 0.6) is 0 Å². The van der Waals surface area contributed by atoms with Crippen molar-refractivity contribution in [1.82, 2.24) is 9.97 Å². The minimum Gasteiger partial charge on any atom is -0.366 e. The number of nitrogens with one attached hydrogen (secondary N) is 2. The summed E-state index contributed by atoms with van der Waals surface area (Å²) in [5.41, 5.74) is 8.47. The summed E-state index contributed by atoms with van der Waals surface area (Å²) in [5.74, 6) is -0.878. The third kappa shape index (κ3) is 5.72. The maximum absolute atomic E-state index is 13.9. The molecule has 172 valence electrons. The van der Waals surface area contributed by atoms with Crippen LogP contribution >= 0.6 is 0 Å². The first-order valence-corrected chi connectivity index (χ1v) is 11.6. The molecule has 0 fully saturated rings. The number of hydrogen-bond acceptors (Lipinski definition) is 7. The third-order valence-electron chi connectivity index (χ3n) is 4.94. The first-order chi connectivity index (χ1) is 15.5. The quantitative estimate of drug-likeness (QED) is 0.450. The summed E-state index contributed by atoms with van der Waals surface area (Å²) in [6.45, 7) is 8.51. The van der Waals surface area contributed by atoms with E-state index in [0.29, 0.717) is 28.3 Å². The summed E-state index contributed by atoms with van der Waals surface area (Å²) in [4.78, 5) is 20.2. The van der Waals surface area contributed by atoms with Crippen molar-refractivity contribution in [2.24, 2.45) is 5.73 Å². The summed E-state index contributed by atoms with van der Waals surface area (Å²) in [6.07, 6.45) is 1.58. The number of hydrogen-bond donors (Lipinski definition) is 3. The highest BCUT2D eigenvalue weighted by Gasteiger charge is 2.17. The van der Waals surface area contributed by atoms with Crippen LogP contribution in [-0.2, 0) is 15.6 Å². The van der Waals surface area contributed by atoms with Crippen LogP contribution in [0.3, 0.4) is 0 Å². The molecule has 0 spiro atoms. The Morgan fingerprint density at radius 3 is 2.48 bits per heavy atom. The van der Waals surface area contributed by atoms with E-state index in [1.54, 1.807) is 31.3 Å². The lowest BCUT2D eigenvalue weighted by Gasteiger charge is -2.15. The van der Waals surface area contributed by atoms with E-state index in [1.807, 2.05) is 6.92 Å². The number of sulfone groups is 1. The Morgan fingerprint density at radius 2 is 1.82 bits per heavy atom. The second-order valence-corrected chi connectivity index (χ2v) is 9.85. The second kappa shape index (κ2) is 9.37. The Labute approximate surface area is 191 Å². The highest BCUT2D eigenvalue weighted by molar-refractivity contribution is 7.94. The Balaban J connectivity index is 1.94. The molecular weight excluding hydrogens is 445 g/mol. The van der Waals surface area contributed by atoms with Crippen LogP contribution in [0.1, 0.15) is 34.0 Å². The molecule has 10 heteroatoms. The monoisotopic (exact) mass is 469 g/mol. The molecule has 1 aromatic heterocycles. The average molecular weight is 470 g/mol. The predicted molar refractivity (Wildman–Crippen MR) is 127 cm³/mol. The predicted octanol–water partition coefficient (Wildman–Crippen LogP) is 4.27. The van der Waals surface area contributed by atoms with Crippen LogP contribution in [0.2, 0.25) is 0 Å². The zero-order chi connectivity index (χ0) is 24.3. The zero-order valence-corrected chi connectivity index (χ0v) is 19.3. The van der Waals surface area contributed by atoms with Crippen LogP contribution in [0, 0.1) is 19.7 Å². The van der Waals surface area contributed by atoms with E-state index in [4.69, 9.17) is 5.73 Å². The number of rotatable bonds is 8. The molecule has 2 aromatic carbocycles. The Kier molecular flexibility index (Phi) is 6.78. The number of carbonyl (C=O) groups is 1. The summed E-state index contributed by atoms with van der Waals surface area (Å²) in [7, 11) is -3.64. The van der Waals surface area contributed by atoms with Gasteiger partial charge in [0.05, 0.1) is 5.75 Å².